The molecule has 4 atom stereocenters. The van der Waals surface area contributed by atoms with Crippen LogP contribution in [-0.2, 0) is 19.1 Å². The van der Waals surface area contributed by atoms with Gasteiger partial charge in [0.05, 0.1) is 24.4 Å². The van der Waals surface area contributed by atoms with Crippen molar-refractivity contribution in [3.63, 3.8) is 0 Å². The molecule has 6 nitrogen and oxygen atoms in total. The van der Waals surface area contributed by atoms with Crippen molar-refractivity contribution in [2.24, 2.45) is 0 Å². The molecule has 1 aliphatic heterocycles. The van der Waals surface area contributed by atoms with Crippen molar-refractivity contribution in [1.29, 1.82) is 0 Å². The van der Waals surface area contributed by atoms with E-state index in [0.717, 1.165) is 0 Å². The second-order valence-corrected chi connectivity index (χ2v) is 5.50. The predicted molar refractivity (Wildman–Crippen MR) is 79.9 cm³/mol. The molecule has 0 fully saturated rings. The van der Waals surface area contributed by atoms with Crippen molar-refractivity contribution in [1.82, 2.24) is 0 Å². The number of rotatable bonds is 0. The van der Waals surface area contributed by atoms with E-state index >= 15 is 0 Å². The van der Waals surface area contributed by atoms with Crippen LogP contribution in [0.1, 0.15) is 39.5 Å². The van der Waals surface area contributed by atoms with Gasteiger partial charge in [-0.3, -0.25) is 0 Å². The summed E-state index contributed by atoms with van der Waals surface area (Å²) >= 11 is 0. The van der Waals surface area contributed by atoms with Gasteiger partial charge in [0.1, 0.15) is 0 Å². The summed E-state index contributed by atoms with van der Waals surface area (Å²) in [6.45, 7) is 3.44. The summed E-state index contributed by atoms with van der Waals surface area (Å²) in [7, 11) is 0. The van der Waals surface area contributed by atoms with E-state index < -0.39 is 24.1 Å². The highest BCUT2D eigenvalue weighted by Gasteiger charge is 2.13. The summed E-state index contributed by atoms with van der Waals surface area (Å²) in [5, 5.41) is 19.5. The highest BCUT2D eigenvalue weighted by atomic mass is 16.5. The molecular formula is C16H24O6. The third-order valence-corrected chi connectivity index (χ3v) is 3.28. The Hall–Kier alpha value is -1.66. The monoisotopic (exact) mass is 312 g/mol. The molecule has 22 heavy (non-hydrogen) atoms. The molecule has 0 radical (unpaired) electrons. The van der Waals surface area contributed by atoms with Gasteiger partial charge in [0, 0.05) is 12.2 Å². The van der Waals surface area contributed by atoms with Crippen molar-refractivity contribution in [3.8, 4) is 0 Å². The molecule has 0 aromatic carbocycles. The standard InChI is InChI=1S/C16H24O6/c1-11-3-5-13(17)8-10-16(20)22-12(2)4-6-14(18)7-9-15(19)21-11/h7-14,17-18H,3-6H2,1-2H3/t11-,12-,13+,14+/m1/s1. The molecule has 0 saturated heterocycles. The molecule has 0 aromatic heterocycles. The summed E-state index contributed by atoms with van der Waals surface area (Å²) in [4.78, 5) is 23.1. The number of aliphatic hydroxyl groups is 2. The summed E-state index contributed by atoms with van der Waals surface area (Å²) in [5.74, 6) is -1.05. The normalized spacial score (nSPS) is 32.4. The van der Waals surface area contributed by atoms with Crippen LogP contribution in [0, 0.1) is 0 Å². The molecule has 0 aromatic rings. The van der Waals surface area contributed by atoms with Crippen LogP contribution in [-0.4, -0.2) is 46.6 Å². The first-order chi connectivity index (χ1) is 10.4. The summed E-state index contributed by atoms with van der Waals surface area (Å²) < 4.78 is 10.3. The Morgan fingerprint density at radius 1 is 0.818 bits per heavy atom. The van der Waals surface area contributed by atoms with Gasteiger partial charge in [-0.2, -0.15) is 0 Å². The molecule has 1 heterocycles. The second-order valence-electron chi connectivity index (χ2n) is 5.50. The number of hydrogen-bond acceptors (Lipinski definition) is 6. The largest absolute Gasteiger partial charge is 0.460 e. The zero-order valence-electron chi connectivity index (χ0n) is 13.0. The topological polar surface area (TPSA) is 93.1 Å². The lowest BCUT2D eigenvalue weighted by Crippen LogP contribution is -2.18. The van der Waals surface area contributed by atoms with Crippen LogP contribution in [0.4, 0.5) is 0 Å². The third-order valence-electron chi connectivity index (χ3n) is 3.28. The van der Waals surface area contributed by atoms with Gasteiger partial charge in [0.15, 0.2) is 0 Å². The van der Waals surface area contributed by atoms with Crippen molar-refractivity contribution in [2.75, 3.05) is 0 Å². The summed E-state index contributed by atoms with van der Waals surface area (Å²) in [6, 6.07) is 0. The Balaban J connectivity index is 2.70. The van der Waals surface area contributed by atoms with Gasteiger partial charge in [0.25, 0.3) is 0 Å². The lowest BCUT2D eigenvalue weighted by atomic mass is 10.1. The smallest absolute Gasteiger partial charge is 0.330 e. The molecule has 0 amide bonds. The molecule has 0 bridgehead atoms. The molecule has 2 N–H and O–H groups in total. The van der Waals surface area contributed by atoms with Crippen molar-refractivity contribution in [2.45, 2.75) is 63.9 Å². The fourth-order valence-corrected chi connectivity index (χ4v) is 1.98. The Labute approximate surface area is 130 Å². The minimum atomic E-state index is -0.797. The second kappa shape index (κ2) is 9.38. The van der Waals surface area contributed by atoms with Crippen molar-refractivity contribution in [3.05, 3.63) is 24.3 Å². The fourth-order valence-electron chi connectivity index (χ4n) is 1.98. The van der Waals surface area contributed by atoms with Crippen molar-refractivity contribution < 1.29 is 29.3 Å². The van der Waals surface area contributed by atoms with Crippen LogP contribution in [0.25, 0.3) is 0 Å². The first-order valence-electron chi connectivity index (χ1n) is 7.50. The van der Waals surface area contributed by atoms with Gasteiger partial charge >= 0.3 is 11.9 Å². The van der Waals surface area contributed by atoms with E-state index in [1.165, 1.54) is 24.3 Å². The maximum absolute atomic E-state index is 11.6. The minimum Gasteiger partial charge on any atom is -0.460 e. The van der Waals surface area contributed by atoms with Crippen LogP contribution in [0.3, 0.4) is 0 Å². The van der Waals surface area contributed by atoms with Gasteiger partial charge in [-0.15, -0.1) is 0 Å². The third kappa shape index (κ3) is 7.95. The molecule has 0 aliphatic carbocycles. The van der Waals surface area contributed by atoms with E-state index in [0.29, 0.717) is 25.7 Å². The SMILES string of the molecule is C[C@@H]1CC[C@H](O)C=CC(=O)O[C@H](C)CC[C@H](O)C=CC(=O)O1. The summed E-state index contributed by atoms with van der Waals surface area (Å²) in [6.07, 6.45) is 4.44. The fraction of sp³-hybridized carbons (Fsp3) is 0.625. The van der Waals surface area contributed by atoms with Gasteiger partial charge in [0.2, 0.25) is 0 Å². The van der Waals surface area contributed by atoms with Crippen LogP contribution in [0.2, 0.25) is 0 Å². The molecule has 1 rings (SSSR count). The average Bonchev–Trinajstić information content (AvgIpc) is 2.46. The van der Waals surface area contributed by atoms with E-state index in [1.54, 1.807) is 13.8 Å². The van der Waals surface area contributed by atoms with E-state index in [2.05, 4.69) is 0 Å². The zero-order chi connectivity index (χ0) is 16.5. The number of esters is 2. The van der Waals surface area contributed by atoms with Crippen LogP contribution >= 0.6 is 0 Å². The van der Waals surface area contributed by atoms with E-state index in [-0.39, 0.29) is 12.2 Å². The zero-order valence-corrected chi connectivity index (χ0v) is 13.0. The Morgan fingerprint density at radius 2 is 1.18 bits per heavy atom. The molecule has 0 saturated carbocycles. The highest BCUT2D eigenvalue weighted by Crippen LogP contribution is 2.10. The number of carbonyl (C=O) groups excluding carboxylic acids is 2. The van der Waals surface area contributed by atoms with Gasteiger partial charge in [-0.25, -0.2) is 9.59 Å². The van der Waals surface area contributed by atoms with Crippen LogP contribution < -0.4 is 0 Å². The lowest BCUT2D eigenvalue weighted by molar-refractivity contribution is -0.143. The minimum absolute atomic E-state index is 0.361. The number of cyclic esters (lactones) is 2. The Bertz CT molecular complexity index is 388. The van der Waals surface area contributed by atoms with Crippen molar-refractivity contribution >= 4 is 11.9 Å². The van der Waals surface area contributed by atoms with Crippen LogP contribution in [0.5, 0.6) is 0 Å². The molecule has 124 valence electrons. The van der Waals surface area contributed by atoms with Gasteiger partial charge in [-0.05, 0) is 51.7 Å². The number of ether oxygens (including phenoxy) is 2. The maximum atomic E-state index is 11.6. The number of carbonyl (C=O) groups is 2. The molecule has 0 unspecified atom stereocenters. The molecule has 0 spiro atoms. The van der Waals surface area contributed by atoms with Gasteiger partial charge < -0.3 is 19.7 Å². The summed E-state index contributed by atoms with van der Waals surface area (Å²) in [5.41, 5.74) is 0. The number of hydrogen-bond donors (Lipinski definition) is 2. The van der Waals surface area contributed by atoms with E-state index in [4.69, 9.17) is 9.47 Å². The molecule has 1 aliphatic rings. The molecular weight excluding hydrogens is 288 g/mol. The number of aliphatic hydroxyl groups excluding tert-OH is 2. The predicted octanol–water partition coefficient (Wildman–Crippen LogP) is 1.26. The first-order valence-corrected chi connectivity index (χ1v) is 7.50. The first kappa shape index (κ1) is 18.4. The Morgan fingerprint density at radius 3 is 1.55 bits per heavy atom. The van der Waals surface area contributed by atoms with Gasteiger partial charge in [-0.1, -0.05) is 0 Å². The average molecular weight is 312 g/mol. The highest BCUT2D eigenvalue weighted by molar-refractivity contribution is 5.82. The van der Waals surface area contributed by atoms with E-state index in [1.807, 2.05) is 0 Å². The van der Waals surface area contributed by atoms with E-state index in [9.17, 15) is 19.8 Å². The Kier molecular flexibility index (Phi) is 7.84. The maximum Gasteiger partial charge on any atom is 0.330 e. The van der Waals surface area contributed by atoms with Crippen LogP contribution in [0.15, 0.2) is 24.3 Å². The lowest BCUT2D eigenvalue weighted by Gasteiger charge is -2.15. The molecule has 6 heteroatoms. The quantitative estimate of drug-likeness (QED) is 0.654.